The SMILES string of the molecule is Cc1ccc(CC(N)CCCOCC(F)(F)F)cc1. The third-order valence-electron chi connectivity index (χ3n) is 2.75. The first kappa shape index (κ1) is 16.0. The highest BCUT2D eigenvalue weighted by Crippen LogP contribution is 2.14. The predicted molar refractivity (Wildman–Crippen MR) is 69.0 cm³/mol. The summed E-state index contributed by atoms with van der Waals surface area (Å²) in [7, 11) is 0. The molecular formula is C14H20F3NO. The van der Waals surface area contributed by atoms with Crippen molar-refractivity contribution in [2.45, 2.75) is 38.4 Å². The number of ether oxygens (including phenoxy) is 1. The van der Waals surface area contributed by atoms with Gasteiger partial charge in [-0.05, 0) is 31.7 Å². The molecule has 1 aromatic rings. The average molecular weight is 275 g/mol. The number of aryl methyl sites for hydroxylation is 1. The van der Waals surface area contributed by atoms with Crippen molar-refractivity contribution in [3.63, 3.8) is 0 Å². The van der Waals surface area contributed by atoms with Gasteiger partial charge >= 0.3 is 6.18 Å². The van der Waals surface area contributed by atoms with Gasteiger partial charge in [-0.15, -0.1) is 0 Å². The van der Waals surface area contributed by atoms with Crippen molar-refractivity contribution in [3.05, 3.63) is 35.4 Å². The Balaban J connectivity index is 2.14. The van der Waals surface area contributed by atoms with Crippen LogP contribution in [0.25, 0.3) is 0 Å². The Morgan fingerprint density at radius 1 is 1.21 bits per heavy atom. The molecule has 0 heterocycles. The molecule has 2 N–H and O–H groups in total. The lowest BCUT2D eigenvalue weighted by Gasteiger charge is -2.12. The fourth-order valence-electron chi connectivity index (χ4n) is 1.76. The summed E-state index contributed by atoms with van der Waals surface area (Å²) in [6.07, 6.45) is -2.31. The molecule has 1 unspecified atom stereocenters. The first-order valence-corrected chi connectivity index (χ1v) is 6.32. The number of alkyl halides is 3. The van der Waals surface area contributed by atoms with Gasteiger partial charge in [-0.2, -0.15) is 13.2 Å². The highest BCUT2D eigenvalue weighted by Gasteiger charge is 2.27. The second-order valence-electron chi connectivity index (χ2n) is 4.76. The molecular weight excluding hydrogens is 255 g/mol. The third kappa shape index (κ3) is 7.85. The van der Waals surface area contributed by atoms with Crippen LogP contribution >= 0.6 is 0 Å². The van der Waals surface area contributed by atoms with Gasteiger partial charge in [-0.3, -0.25) is 0 Å². The molecule has 1 rings (SSSR count). The number of rotatable bonds is 7. The zero-order valence-electron chi connectivity index (χ0n) is 11.0. The van der Waals surface area contributed by atoms with Crippen molar-refractivity contribution in [1.82, 2.24) is 0 Å². The molecule has 5 heteroatoms. The summed E-state index contributed by atoms with van der Waals surface area (Å²) in [6, 6.07) is 8.05. The summed E-state index contributed by atoms with van der Waals surface area (Å²) in [5.41, 5.74) is 8.27. The van der Waals surface area contributed by atoms with Crippen LogP contribution in [0.5, 0.6) is 0 Å². The molecule has 0 saturated carbocycles. The minimum Gasteiger partial charge on any atom is -0.372 e. The molecule has 0 aromatic heterocycles. The molecule has 0 amide bonds. The Hall–Kier alpha value is -1.07. The molecule has 0 spiro atoms. The van der Waals surface area contributed by atoms with Crippen molar-refractivity contribution < 1.29 is 17.9 Å². The summed E-state index contributed by atoms with van der Waals surface area (Å²) in [4.78, 5) is 0. The number of hydrogen-bond acceptors (Lipinski definition) is 2. The fourth-order valence-corrected chi connectivity index (χ4v) is 1.76. The van der Waals surface area contributed by atoms with Crippen LogP contribution in [0.1, 0.15) is 24.0 Å². The number of halogens is 3. The van der Waals surface area contributed by atoms with Crippen LogP contribution in [0.3, 0.4) is 0 Å². The molecule has 0 radical (unpaired) electrons. The van der Waals surface area contributed by atoms with Crippen LogP contribution in [0.4, 0.5) is 13.2 Å². The van der Waals surface area contributed by atoms with Crippen molar-refractivity contribution >= 4 is 0 Å². The lowest BCUT2D eigenvalue weighted by Crippen LogP contribution is -2.24. The van der Waals surface area contributed by atoms with E-state index in [1.807, 2.05) is 31.2 Å². The Labute approximate surface area is 111 Å². The summed E-state index contributed by atoms with van der Waals surface area (Å²) in [5.74, 6) is 0. The molecule has 1 atom stereocenters. The summed E-state index contributed by atoms with van der Waals surface area (Å²) in [6.45, 7) is 0.934. The second-order valence-corrected chi connectivity index (χ2v) is 4.76. The normalized spacial score (nSPS) is 13.5. The highest BCUT2D eigenvalue weighted by atomic mass is 19.4. The van der Waals surface area contributed by atoms with E-state index in [2.05, 4.69) is 4.74 Å². The van der Waals surface area contributed by atoms with Crippen molar-refractivity contribution in [1.29, 1.82) is 0 Å². The quantitative estimate of drug-likeness (QED) is 0.775. The number of benzene rings is 1. The maximum Gasteiger partial charge on any atom is 0.411 e. The molecule has 0 fully saturated rings. The standard InChI is InChI=1S/C14H20F3NO/c1-11-4-6-12(7-5-11)9-13(18)3-2-8-19-10-14(15,16)17/h4-7,13H,2-3,8-10,18H2,1H3. The summed E-state index contributed by atoms with van der Waals surface area (Å²) >= 11 is 0. The van der Waals surface area contributed by atoms with Gasteiger partial charge < -0.3 is 10.5 Å². The Kier molecular flexibility index (Phi) is 6.31. The van der Waals surface area contributed by atoms with E-state index in [-0.39, 0.29) is 12.6 Å². The first-order chi connectivity index (χ1) is 8.87. The van der Waals surface area contributed by atoms with Crippen LogP contribution in [0.15, 0.2) is 24.3 Å². The van der Waals surface area contributed by atoms with Crippen LogP contribution in [-0.4, -0.2) is 25.4 Å². The van der Waals surface area contributed by atoms with E-state index in [4.69, 9.17) is 5.73 Å². The molecule has 0 aliphatic carbocycles. The van der Waals surface area contributed by atoms with Gasteiger partial charge in [0, 0.05) is 12.6 Å². The van der Waals surface area contributed by atoms with E-state index in [0.717, 1.165) is 12.0 Å². The van der Waals surface area contributed by atoms with Gasteiger partial charge in [0.05, 0.1) is 0 Å². The summed E-state index contributed by atoms with van der Waals surface area (Å²) in [5, 5.41) is 0. The molecule has 19 heavy (non-hydrogen) atoms. The van der Waals surface area contributed by atoms with E-state index in [0.29, 0.717) is 12.8 Å². The monoisotopic (exact) mass is 275 g/mol. The fraction of sp³-hybridized carbons (Fsp3) is 0.571. The molecule has 0 bridgehead atoms. The Bertz CT molecular complexity index is 362. The van der Waals surface area contributed by atoms with Crippen LogP contribution in [0.2, 0.25) is 0 Å². The third-order valence-corrected chi connectivity index (χ3v) is 2.75. The topological polar surface area (TPSA) is 35.2 Å². The smallest absolute Gasteiger partial charge is 0.372 e. The van der Waals surface area contributed by atoms with Crippen LogP contribution in [-0.2, 0) is 11.2 Å². The predicted octanol–water partition coefficient (Wildman–Crippen LogP) is 3.22. The van der Waals surface area contributed by atoms with E-state index < -0.39 is 12.8 Å². The van der Waals surface area contributed by atoms with Gasteiger partial charge in [0.2, 0.25) is 0 Å². The van der Waals surface area contributed by atoms with E-state index in [1.54, 1.807) is 0 Å². The van der Waals surface area contributed by atoms with Gasteiger partial charge in [-0.1, -0.05) is 29.8 Å². The van der Waals surface area contributed by atoms with E-state index in [1.165, 1.54) is 5.56 Å². The zero-order chi connectivity index (χ0) is 14.3. The molecule has 2 nitrogen and oxygen atoms in total. The summed E-state index contributed by atoms with van der Waals surface area (Å²) < 4.78 is 40.0. The van der Waals surface area contributed by atoms with Gasteiger partial charge in [-0.25, -0.2) is 0 Å². The molecule has 0 aliphatic heterocycles. The Morgan fingerprint density at radius 3 is 2.42 bits per heavy atom. The highest BCUT2D eigenvalue weighted by molar-refractivity contribution is 5.21. The molecule has 1 aromatic carbocycles. The van der Waals surface area contributed by atoms with Crippen LogP contribution < -0.4 is 5.73 Å². The van der Waals surface area contributed by atoms with Gasteiger partial charge in [0.1, 0.15) is 6.61 Å². The lowest BCUT2D eigenvalue weighted by molar-refractivity contribution is -0.174. The minimum absolute atomic E-state index is 0.0443. The lowest BCUT2D eigenvalue weighted by atomic mass is 10.0. The maximum atomic E-state index is 11.8. The molecule has 0 saturated heterocycles. The zero-order valence-corrected chi connectivity index (χ0v) is 11.0. The largest absolute Gasteiger partial charge is 0.411 e. The molecule has 108 valence electrons. The Morgan fingerprint density at radius 2 is 1.84 bits per heavy atom. The molecule has 0 aliphatic rings. The van der Waals surface area contributed by atoms with Crippen LogP contribution in [0, 0.1) is 6.92 Å². The maximum absolute atomic E-state index is 11.8. The van der Waals surface area contributed by atoms with E-state index in [9.17, 15) is 13.2 Å². The van der Waals surface area contributed by atoms with Crippen molar-refractivity contribution in [2.24, 2.45) is 5.73 Å². The van der Waals surface area contributed by atoms with Crippen molar-refractivity contribution in [3.8, 4) is 0 Å². The number of hydrogen-bond donors (Lipinski definition) is 1. The minimum atomic E-state index is -4.25. The van der Waals surface area contributed by atoms with E-state index >= 15 is 0 Å². The van der Waals surface area contributed by atoms with Gasteiger partial charge in [0.25, 0.3) is 0 Å². The van der Waals surface area contributed by atoms with Gasteiger partial charge in [0.15, 0.2) is 0 Å². The number of nitrogens with two attached hydrogens (primary N) is 1. The second kappa shape index (κ2) is 7.50. The first-order valence-electron chi connectivity index (χ1n) is 6.32. The van der Waals surface area contributed by atoms with Crippen molar-refractivity contribution in [2.75, 3.05) is 13.2 Å². The average Bonchev–Trinajstić information content (AvgIpc) is 2.30.